The lowest BCUT2D eigenvalue weighted by Gasteiger charge is -2.08. The molecule has 2 rings (SSSR count). The topological polar surface area (TPSA) is 53.3 Å². The van der Waals surface area contributed by atoms with Crippen LogP contribution in [0.5, 0.6) is 5.75 Å². The van der Waals surface area contributed by atoms with E-state index < -0.39 is 0 Å². The van der Waals surface area contributed by atoms with Crippen LogP contribution in [0.2, 0.25) is 0 Å². The van der Waals surface area contributed by atoms with Crippen LogP contribution in [0.15, 0.2) is 34.9 Å². The molecule has 1 aromatic heterocycles. The molecule has 0 saturated carbocycles. The summed E-state index contributed by atoms with van der Waals surface area (Å²) >= 11 is 3.38. The molecule has 0 N–H and O–H groups in total. The van der Waals surface area contributed by atoms with Crippen LogP contribution in [0.3, 0.4) is 0 Å². The number of carbonyl (C=O) groups is 1. The lowest BCUT2D eigenvalue weighted by atomic mass is 10.1. The minimum absolute atomic E-state index is 0.1000. The molecule has 0 aliphatic heterocycles. The van der Waals surface area contributed by atoms with Crippen molar-refractivity contribution in [3.63, 3.8) is 0 Å². The zero-order valence-corrected chi connectivity index (χ0v) is 13.6. The third-order valence-electron chi connectivity index (χ3n) is 2.92. The largest absolute Gasteiger partial charge is 0.494 e. The quantitative estimate of drug-likeness (QED) is 0.719. The van der Waals surface area contributed by atoms with Crippen molar-refractivity contribution in [3.8, 4) is 5.75 Å². The van der Waals surface area contributed by atoms with Gasteiger partial charge in [-0.25, -0.2) is 0 Å². The second-order valence-corrected chi connectivity index (χ2v) is 5.20. The van der Waals surface area contributed by atoms with Crippen molar-refractivity contribution in [3.05, 3.63) is 46.2 Å². The normalized spacial score (nSPS) is 10.6. The van der Waals surface area contributed by atoms with Gasteiger partial charge >= 0.3 is 0 Å². The van der Waals surface area contributed by atoms with Gasteiger partial charge in [-0.05, 0) is 35.0 Å². The zero-order valence-electron chi connectivity index (χ0n) is 12.0. The summed E-state index contributed by atoms with van der Waals surface area (Å²) in [5.41, 5.74) is 1.08. The molecule has 6 heteroatoms. The summed E-state index contributed by atoms with van der Waals surface area (Å²) in [7, 11) is 1.62. The maximum Gasteiger partial charge on any atom is 0.212 e. The molecule has 0 bridgehead atoms. The number of hydrogen-bond acceptors (Lipinski definition) is 4. The number of ketones is 1. The van der Waals surface area contributed by atoms with Gasteiger partial charge in [0.25, 0.3) is 0 Å². The highest BCUT2D eigenvalue weighted by Gasteiger charge is 2.19. The van der Waals surface area contributed by atoms with E-state index in [-0.39, 0.29) is 5.78 Å². The Morgan fingerprint density at radius 2 is 2.24 bits per heavy atom. The SMILES string of the molecule is CCOc1cccc(C(=O)c2c(Br)cnn2CCOC)c1. The van der Waals surface area contributed by atoms with Gasteiger partial charge in [-0.15, -0.1) is 0 Å². The van der Waals surface area contributed by atoms with Gasteiger partial charge in [0.1, 0.15) is 11.4 Å². The predicted molar refractivity (Wildman–Crippen MR) is 82.8 cm³/mol. The summed E-state index contributed by atoms with van der Waals surface area (Å²) in [5.74, 6) is 0.583. The lowest BCUT2D eigenvalue weighted by Crippen LogP contribution is -2.15. The summed E-state index contributed by atoms with van der Waals surface area (Å²) in [6.45, 7) is 3.49. The van der Waals surface area contributed by atoms with Crippen LogP contribution in [0, 0.1) is 0 Å². The number of hydrogen-bond donors (Lipinski definition) is 0. The molecule has 5 nitrogen and oxygen atoms in total. The summed E-state index contributed by atoms with van der Waals surface area (Å²) in [5, 5.41) is 4.20. The van der Waals surface area contributed by atoms with Crippen molar-refractivity contribution >= 4 is 21.7 Å². The van der Waals surface area contributed by atoms with Crippen LogP contribution >= 0.6 is 15.9 Å². The molecule has 21 heavy (non-hydrogen) atoms. The van der Waals surface area contributed by atoms with Crippen LogP contribution in [-0.2, 0) is 11.3 Å². The second kappa shape index (κ2) is 7.38. The highest BCUT2D eigenvalue weighted by molar-refractivity contribution is 9.10. The maximum absolute atomic E-state index is 12.7. The highest BCUT2D eigenvalue weighted by Crippen LogP contribution is 2.22. The van der Waals surface area contributed by atoms with Crippen molar-refractivity contribution < 1.29 is 14.3 Å². The van der Waals surface area contributed by atoms with Crippen molar-refractivity contribution in [2.24, 2.45) is 0 Å². The number of nitrogens with zero attached hydrogens (tertiary/aromatic N) is 2. The molecule has 0 amide bonds. The van der Waals surface area contributed by atoms with Crippen molar-refractivity contribution in [1.29, 1.82) is 0 Å². The number of aromatic nitrogens is 2. The van der Waals surface area contributed by atoms with E-state index >= 15 is 0 Å². The molecule has 2 aromatic rings. The van der Waals surface area contributed by atoms with E-state index in [0.717, 1.165) is 0 Å². The fraction of sp³-hybridized carbons (Fsp3) is 0.333. The summed E-state index contributed by atoms with van der Waals surface area (Å²) < 4.78 is 12.8. The lowest BCUT2D eigenvalue weighted by molar-refractivity contribution is 0.102. The molecule has 0 fully saturated rings. The average Bonchev–Trinajstić information content (AvgIpc) is 2.86. The first-order valence-electron chi connectivity index (χ1n) is 6.65. The molecule has 112 valence electrons. The average molecular weight is 353 g/mol. The third-order valence-corrected chi connectivity index (χ3v) is 3.50. The fourth-order valence-electron chi connectivity index (χ4n) is 1.97. The van der Waals surface area contributed by atoms with Crippen LogP contribution in [0.25, 0.3) is 0 Å². The van der Waals surface area contributed by atoms with Crippen LogP contribution in [-0.4, -0.2) is 35.9 Å². The van der Waals surface area contributed by atoms with Crippen LogP contribution in [0.1, 0.15) is 23.0 Å². The highest BCUT2D eigenvalue weighted by atomic mass is 79.9. The van der Waals surface area contributed by atoms with Crippen molar-refractivity contribution in [2.75, 3.05) is 20.3 Å². The van der Waals surface area contributed by atoms with Gasteiger partial charge < -0.3 is 9.47 Å². The minimum atomic E-state index is -0.1000. The van der Waals surface area contributed by atoms with E-state index in [9.17, 15) is 4.79 Å². The van der Waals surface area contributed by atoms with E-state index in [1.807, 2.05) is 19.1 Å². The van der Waals surface area contributed by atoms with Gasteiger partial charge in [0.2, 0.25) is 5.78 Å². The van der Waals surface area contributed by atoms with E-state index in [4.69, 9.17) is 9.47 Å². The van der Waals surface area contributed by atoms with Crippen molar-refractivity contribution in [2.45, 2.75) is 13.5 Å². The van der Waals surface area contributed by atoms with Gasteiger partial charge in [0, 0.05) is 12.7 Å². The first-order chi connectivity index (χ1) is 10.2. The Morgan fingerprint density at radius 3 is 2.95 bits per heavy atom. The monoisotopic (exact) mass is 352 g/mol. The van der Waals surface area contributed by atoms with Gasteiger partial charge in [-0.1, -0.05) is 12.1 Å². The first kappa shape index (κ1) is 15.7. The summed E-state index contributed by atoms with van der Waals surface area (Å²) in [4.78, 5) is 12.7. The Hall–Kier alpha value is -1.66. The number of methoxy groups -OCH3 is 1. The molecule has 0 radical (unpaired) electrons. The molecule has 0 aliphatic rings. The standard InChI is InChI=1S/C15H17BrN2O3/c1-3-21-12-6-4-5-11(9-12)15(19)14-13(16)10-17-18(14)7-8-20-2/h4-6,9-10H,3,7-8H2,1-2H3. The van der Waals surface area contributed by atoms with E-state index in [1.165, 1.54) is 0 Å². The van der Waals surface area contributed by atoms with Crippen LogP contribution in [0.4, 0.5) is 0 Å². The smallest absolute Gasteiger partial charge is 0.212 e. The van der Waals surface area contributed by atoms with Crippen molar-refractivity contribution in [1.82, 2.24) is 9.78 Å². The Balaban J connectivity index is 2.31. The molecule has 0 unspecified atom stereocenters. The van der Waals surface area contributed by atoms with E-state index in [1.54, 1.807) is 30.1 Å². The Labute approximate surface area is 132 Å². The second-order valence-electron chi connectivity index (χ2n) is 4.35. The van der Waals surface area contributed by atoms with Gasteiger partial charge in [-0.3, -0.25) is 9.48 Å². The molecule has 0 atom stereocenters. The first-order valence-corrected chi connectivity index (χ1v) is 7.44. The maximum atomic E-state index is 12.7. The Kier molecular flexibility index (Phi) is 5.52. The molecular weight excluding hydrogens is 336 g/mol. The molecule has 0 saturated heterocycles. The van der Waals surface area contributed by atoms with E-state index in [0.29, 0.717) is 41.2 Å². The molecule has 1 aromatic carbocycles. The third kappa shape index (κ3) is 3.71. The molecule has 1 heterocycles. The molecule has 0 aliphatic carbocycles. The number of halogens is 1. The Bertz CT molecular complexity index is 625. The number of rotatable bonds is 7. The van der Waals surface area contributed by atoms with E-state index in [2.05, 4.69) is 21.0 Å². The zero-order chi connectivity index (χ0) is 15.2. The minimum Gasteiger partial charge on any atom is -0.494 e. The van der Waals surface area contributed by atoms with Gasteiger partial charge in [0.15, 0.2) is 0 Å². The fourth-order valence-corrected chi connectivity index (χ4v) is 2.44. The predicted octanol–water partition coefficient (Wildman–Crippen LogP) is 2.92. The Morgan fingerprint density at radius 1 is 1.43 bits per heavy atom. The van der Waals surface area contributed by atoms with Gasteiger partial charge in [0.05, 0.1) is 30.4 Å². The molecular formula is C15H17BrN2O3. The summed E-state index contributed by atoms with van der Waals surface area (Å²) in [6.07, 6.45) is 1.62. The number of benzene rings is 1. The summed E-state index contributed by atoms with van der Waals surface area (Å²) in [6, 6.07) is 7.15. The number of carbonyl (C=O) groups excluding carboxylic acids is 1. The molecule has 0 spiro atoms. The van der Waals surface area contributed by atoms with Gasteiger partial charge in [-0.2, -0.15) is 5.10 Å². The number of ether oxygens (including phenoxy) is 2. The van der Waals surface area contributed by atoms with Crippen LogP contribution < -0.4 is 4.74 Å².